The van der Waals surface area contributed by atoms with Gasteiger partial charge in [-0.05, 0) is 24.3 Å². The van der Waals surface area contributed by atoms with E-state index < -0.39 is 0 Å². The van der Waals surface area contributed by atoms with E-state index in [0.717, 1.165) is 0 Å². The average Bonchev–Trinajstić information content (AvgIpc) is 2.05. The second-order valence-electron chi connectivity index (χ2n) is 1.73. The summed E-state index contributed by atoms with van der Waals surface area (Å²) in [6, 6.07) is 8.09. The van der Waals surface area contributed by atoms with Gasteiger partial charge >= 0.3 is 0 Å². The first-order chi connectivity index (χ1) is 4.86. The van der Waals surface area contributed by atoms with E-state index >= 15 is 0 Å². The predicted octanol–water partition coefficient (Wildman–Crippen LogP) is 1.41. The van der Waals surface area contributed by atoms with Crippen LogP contribution in [-0.4, -0.2) is 5.26 Å². The molecule has 1 N–H and O–H groups in total. The van der Waals surface area contributed by atoms with E-state index in [2.05, 4.69) is 4.89 Å². The monoisotopic (exact) mass is 135 g/mol. The molecular formula is C7H5NO2. The molecule has 1 aromatic carbocycles. The summed E-state index contributed by atoms with van der Waals surface area (Å²) < 4.78 is 0. The SMILES string of the molecule is N#Cc1ccc(OO)cc1. The fraction of sp³-hybridized carbons (Fsp3) is 0. The van der Waals surface area contributed by atoms with Crippen molar-refractivity contribution in [2.45, 2.75) is 0 Å². The number of nitriles is 1. The molecule has 0 aliphatic heterocycles. The molecule has 3 heteroatoms. The molecule has 0 spiro atoms. The zero-order chi connectivity index (χ0) is 7.40. The predicted molar refractivity (Wildman–Crippen MR) is 34.4 cm³/mol. The summed E-state index contributed by atoms with van der Waals surface area (Å²) in [4.78, 5) is 3.90. The fourth-order valence-corrected chi connectivity index (χ4v) is 0.590. The van der Waals surface area contributed by atoms with Crippen LogP contribution in [0, 0.1) is 11.3 Å². The minimum atomic E-state index is 0.332. The highest BCUT2D eigenvalue weighted by atomic mass is 17.1. The van der Waals surface area contributed by atoms with Crippen LogP contribution in [0.3, 0.4) is 0 Å². The summed E-state index contributed by atoms with van der Waals surface area (Å²) in [6.07, 6.45) is 0. The molecule has 0 aliphatic carbocycles. The van der Waals surface area contributed by atoms with Crippen LogP contribution < -0.4 is 4.89 Å². The molecule has 0 saturated heterocycles. The molecule has 3 nitrogen and oxygen atoms in total. The van der Waals surface area contributed by atoms with Crippen LogP contribution in [0.15, 0.2) is 24.3 Å². The van der Waals surface area contributed by atoms with Gasteiger partial charge in [0, 0.05) is 0 Å². The standard InChI is InChI=1S/C7H5NO2/c8-5-6-1-3-7(10-9)4-2-6/h1-4,9H. The number of hydrogen-bond acceptors (Lipinski definition) is 3. The fourth-order valence-electron chi connectivity index (χ4n) is 0.590. The number of hydrogen-bond donors (Lipinski definition) is 1. The molecule has 0 bridgehead atoms. The Kier molecular flexibility index (Phi) is 1.88. The highest BCUT2D eigenvalue weighted by Gasteiger charge is 1.90. The van der Waals surface area contributed by atoms with Gasteiger partial charge in [0.1, 0.15) is 0 Å². The van der Waals surface area contributed by atoms with E-state index in [0.29, 0.717) is 11.3 Å². The van der Waals surface area contributed by atoms with Crippen LogP contribution >= 0.6 is 0 Å². The van der Waals surface area contributed by atoms with Crippen molar-refractivity contribution in [2.75, 3.05) is 0 Å². The quantitative estimate of drug-likeness (QED) is 0.468. The summed E-state index contributed by atoms with van der Waals surface area (Å²) in [5.74, 6) is 0.332. The molecule has 50 valence electrons. The Balaban J connectivity index is 2.93. The normalized spacial score (nSPS) is 8.40. The van der Waals surface area contributed by atoms with Crippen LogP contribution in [0.4, 0.5) is 0 Å². The molecule has 10 heavy (non-hydrogen) atoms. The van der Waals surface area contributed by atoms with Crippen molar-refractivity contribution in [1.29, 1.82) is 5.26 Å². The zero-order valence-electron chi connectivity index (χ0n) is 5.11. The molecule has 0 atom stereocenters. The lowest BCUT2D eigenvalue weighted by Crippen LogP contribution is -1.82. The second kappa shape index (κ2) is 2.85. The molecule has 1 rings (SSSR count). The lowest BCUT2D eigenvalue weighted by Gasteiger charge is -1.93. The summed E-state index contributed by atoms with van der Waals surface area (Å²) >= 11 is 0. The lowest BCUT2D eigenvalue weighted by atomic mass is 10.2. The Morgan fingerprint density at radius 3 is 2.30 bits per heavy atom. The van der Waals surface area contributed by atoms with Crippen LogP contribution in [0.1, 0.15) is 5.56 Å². The Labute approximate surface area is 58.0 Å². The summed E-state index contributed by atoms with van der Waals surface area (Å²) in [5, 5.41) is 16.5. The Morgan fingerprint density at radius 1 is 1.30 bits per heavy atom. The van der Waals surface area contributed by atoms with Gasteiger partial charge in [-0.15, -0.1) is 0 Å². The Morgan fingerprint density at radius 2 is 1.90 bits per heavy atom. The molecular weight excluding hydrogens is 130 g/mol. The van der Waals surface area contributed by atoms with E-state index in [4.69, 9.17) is 10.5 Å². The Hall–Kier alpha value is -1.53. The maximum absolute atomic E-state index is 8.35. The molecule has 0 heterocycles. The van der Waals surface area contributed by atoms with E-state index in [1.807, 2.05) is 6.07 Å². The molecule has 0 fully saturated rings. The maximum Gasteiger partial charge on any atom is 0.165 e. The third kappa shape index (κ3) is 1.24. The van der Waals surface area contributed by atoms with Gasteiger partial charge in [0.05, 0.1) is 11.6 Å². The van der Waals surface area contributed by atoms with Crippen LogP contribution in [0.25, 0.3) is 0 Å². The van der Waals surface area contributed by atoms with Crippen molar-refractivity contribution < 1.29 is 10.1 Å². The topological polar surface area (TPSA) is 53.2 Å². The van der Waals surface area contributed by atoms with E-state index in [-0.39, 0.29) is 0 Å². The minimum absolute atomic E-state index is 0.332. The van der Waals surface area contributed by atoms with Gasteiger partial charge in [-0.2, -0.15) is 5.26 Å². The van der Waals surface area contributed by atoms with Crippen molar-refractivity contribution in [1.82, 2.24) is 0 Å². The molecule has 0 aromatic heterocycles. The summed E-state index contributed by atoms with van der Waals surface area (Å²) in [6.45, 7) is 0. The van der Waals surface area contributed by atoms with Crippen LogP contribution in [0.5, 0.6) is 5.75 Å². The largest absolute Gasteiger partial charge is 0.340 e. The van der Waals surface area contributed by atoms with Gasteiger partial charge in [0.2, 0.25) is 0 Å². The smallest absolute Gasteiger partial charge is 0.165 e. The first-order valence-electron chi connectivity index (χ1n) is 2.68. The molecule has 0 aliphatic rings. The highest BCUT2D eigenvalue weighted by molar-refractivity contribution is 5.34. The van der Waals surface area contributed by atoms with E-state index in [1.54, 1.807) is 12.1 Å². The van der Waals surface area contributed by atoms with Crippen molar-refractivity contribution >= 4 is 0 Å². The number of rotatable bonds is 1. The third-order valence-electron chi connectivity index (χ3n) is 1.09. The van der Waals surface area contributed by atoms with Gasteiger partial charge in [0.25, 0.3) is 0 Å². The second-order valence-corrected chi connectivity index (χ2v) is 1.73. The van der Waals surface area contributed by atoms with Gasteiger partial charge in [0.15, 0.2) is 5.75 Å². The average molecular weight is 135 g/mol. The zero-order valence-corrected chi connectivity index (χ0v) is 5.11. The van der Waals surface area contributed by atoms with Crippen LogP contribution in [-0.2, 0) is 0 Å². The summed E-state index contributed by atoms with van der Waals surface area (Å²) in [7, 11) is 0. The van der Waals surface area contributed by atoms with E-state index in [1.165, 1.54) is 12.1 Å². The number of nitrogens with zero attached hydrogens (tertiary/aromatic N) is 1. The van der Waals surface area contributed by atoms with Crippen molar-refractivity contribution in [3.8, 4) is 11.8 Å². The molecule has 0 saturated carbocycles. The van der Waals surface area contributed by atoms with Gasteiger partial charge in [-0.25, -0.2) is 5.26 Å². The van der Waals surface area contributed by atoms with Crippen molar-refractivity contribution in [3.05, 3.63) is 29.8 Å². The third-order valence-corrected chi connectivity index (χ3v) is 1.09. The van der Waals surface area contributed by atoms with Crippen LogP contribution in [0.2, 0.25) is 0 Å². The molecule has 1 aromatic rings. The van der Waals surface area contributed by atoms with Crippen molar-refractivity contribution in [3.63, 3.8) is 0 Å². The highest BCUT2D eigenvalue weighted by Crippen LogP contribution is 2.09. The minimum Gasteiger partial charge on any atom is -0.340 e. The maximum atomic E-state index is 8.35. The number of benzene rings is 1. The molecule has 0 unspecified atom stereocenters. The van der Waals surface area contributed by atoms with Crippen molar-refractivity contribution in [2.24, 2.45) is 0 Å². The van der Waals surface area contributed by atoms with Gasteiger partial charge in [-0.3, -0.25) is 0 Å². The van der Waals surface area contributed by atoms with Gasteiger partial charge < -0.3 is 4.89 Å². The molecule has 0 amide bonds. The lowest BCUT2D eigenvalue weighted by molar-refractivity contribution is -0.137. The molecule has 0 radical (unpaired) electrons. The first-order valence-corrected chi connectivity index (χ1v) is 2.68. The summed E-state index contributed by atoms with van der Waals surface area (Å²) in [5.41, 5.74) is 0.542. The van der Waals surface area contributed by atoms with E-state index in [9.17, 15) is 0 Å². The van der Waals surface area contributed by atoms with Gasteiger partial charge in [-0.1, -0.05) is 0 Å². The Bertz CT molecular complexity index is 247. The first kappa shape index (κ1) is 6.59.